The number of aliphatic imine (C=N–C) groups is 1. The van der Waals surface area contributed by atoms with Gasteiger partial charge in [0.2, 0.25) is 5.91 Å². The third-order valence-corrected chi connectivity index (χ3v) is 9.51. The Morgan fingerprint density at radius 1 is 0.978 bits per heavy atom. The van der Waals surface area contributed by atoms with Crippen LogP contribution in [-0.4, -0.2) is 53.8 Å². The van der Waals surface area contributed by atoms with Gasteiger partial charge in [0, 0.05) is 28.8 Å². The summed E-state index contributed by atoms with van der Waals surface area (Å²) in [5.74, 6) is 2.11. The van der Waals surface area contributed by atoms with Gasteiger partial charge in [-0.15, -0.1) is 10.2 Å². The first-order valence-corrected chi connectivity index (χ1v) is 17.7. The number of hydrogen-bond acceptors (Lipinski definition) is 9. The number of halogens is 1. The van der Waals surface area contributed by atoms with Gasteiger partial charge in [-0.05, 0) is 86.5 Å². The van der Waals surface area contributed by atoms with Crippen LogP contribution < -0.4 is 19.5 Å². The average Bonchev–Trinajstić information content (AvgIpc) is 3.27. The summed E-state index contributed by atoms with van der Waals surface area (Å²) in [6.45, 7) is 3.23. The van der Waals surface area contributed by atoms with Crippen molar-refractivity contribution >= 4 is 55.1 Å². The zero-order valence-electron chi connectivity index (χ0n) is 24.6. The zero-order valence-corrected chi connectivity index (χ0v) is 27.8. The van der Waals surface area contributed by atoms with Crippen molar-refractivity contribution in [2.45, 2.75) is 49.3 Å². The molecule has 0 atom stereocenters. The van der Waals surface area contributed by atoms with Gasteiger partial charge in [0.25, 0.3) is 10.0 Å². The van der Waals surface area contributed by atoms with Crippen molar-refractivity contribution in [1.82, 2.24) is 19.5 Å². The summed E-state index contributed by atoms with van der Waals surface area (Å²) in [4.78, 5) is 17.4. The third kappa shape index (κ3) is 9.08. The lowest BCUT2D eigenvalue weighted by Crippen LogP contribution is -2.30. The fourth-order valence-electron chi connectivity index (χ4n) is 4.52. The van der Waals surface area contributed by atoms with Gasteiger partial charge >= 0.3 is 0 Å². The molecule has 14 heteroatoms. The molecule has 4 aromatic rings. The van der Waals surface area contributed by atoms with Crippen molar-refractivity contribution in [3.05, 3.63) is 83.1 Å². The summed E-state index contributed by atoms with van der Waals surface area (Å²) in [7, 11) is -3.84. The summed E-state index contributed by atoms with van der Waals surface area (Å²) in [5, 5.41) is 12.0. The van der Waals surface area contributed by atoms with E-state index < -0.39 is 10.0 Å². The summed E-state index contributed by atoms with van der Waals surface area (Å²) >= 11 is 4.63. The molecular formula is C31H33BrN6O5S2. The molecule has 0 aliphatic carbocycles. The number of amidine groups is 1. The van der Waals surface area contributed by atoms with Crippen LogP contribution in [0.25, 0.3) is 5.69 Å². The van der Waals surface area contributed by atoms with Crippen LogP contribution in [0.2, 0.25) is 0 Å². The number of anilines is 1. The molecular weight excluding hydrogens is 680 g/mol. The van der Waals surface area contributed by atoms with E-state index in [0.29, 0.717) is 47.8 Å². The van der Waals surface area contributed by atoms with Crippen molar-refractivity contribution < 1.29 is 22.7 Å². The molecule has 0 saturated carbocycles. The molecule has 0 spiro atoms. The molecule has 0 bridgehead atoms. The first-order valence-electron chi connectivity index (χ1n) is 14.5. The van der Waals surface area contributed by atoms with Crippen LogP contribution in [0.15, 0.2) is 92.3 Å². The third-order valence-electron chi connectivity index (χ3n) is 6.67. The summed E-state index contributed by atoms with van der Waals surface area (Å²) in [6, 6.07) is 21.1. The van der Waals surface area contributed by atoms with E-state index in [1.165, 1.54) is 23.9 Å². The van der Waals surface area contributed by atoms with Gasteiger partial charge in [0.15, 0.2) is 11.0 Å². The van der Waals surface area contributed by atoms with Crippen molar-refractivity contribution in [3.8, 4) is 17.2 Å². The Labute approximate surface area is 275 Å². The Kier molecular flexibility index (Phi) is 11.1. The summed E-state index contributed by atoms with van der Waals surface area (Å²) in [6.07, 6.45) is 3.45. The summed E-state index contributed by atoms with van der Waals surface area (Å²) in [5.41, 5.74) is 1.15. The maximum Gasteiger partial charge on any atom is 0.262 e. The molecule has 1 amide bonds. The highest BCUT2D eigenvalue weighted by Crippen LogP contribution is 2.26. The number of ether oxygens (including phenoxy) is 2. The molecule has 0 saturated heterocycles. The minimum absolute atomic E-state index is 0.00870. The number of hydrogen-bond donors (Lipinski definition) is 2. The number of thioether (sulfide) groups is 1. The van der Waals surface area contributed by atoms with Gasteiger partial charge in [0.05, 0.1) is 17.3 Å². The van der Waals surface area contributed by atoms with Crippen molar-refractivity contribution in [2.75, 3.05) is 24.2 Å². The maximum atomic E-state index is 13.0. The number of nitrogens with zero attached hydrogens (tertiary/aromatic N) is 4. The van der Waals surface area contributed by atoms with E-state index >= 15 is 0 Å². The first kappa shape index (κ1) is 32.5. The fraction of sp³-hybridized carbons (Fsp3) is 0.290. The number of rotatable bonds is 12. The largest absolute Gasteiger partial charge is 0.494 e. The van der Waals surface area contributed by atoms with Crippen molar-refractivity contribution in [3.63, 3.8) is 0 Å². The molecule has 0 fully saturated rings. The quantitative estimate of drug-likeness (QED) is 0.171. The molecule has 0 unspecified atom stereocenters. The fourth-order valence-corrected chi connectivity index (χ4v) is 6.69. The number of sulfonamides is 1. The predicted octanol–water partition coefficient (Wildman–Crippen LogP) is 5.99. The van der Waals surface area contributed by atoms with Gasteiger partial charge in [-0.2, -0.15) is 0 Å². The van der Waals surface area contributed by atoms with Crippen LogP contribution in [0.4, 0.5) is 5.69 Å². The van der Waals surface area contributed by atoms with Crippen molar-refractivity contribution in [2.24, 2.45) is 4.99 Å². The average molecular weight is 714 g/mol. The summed E-state index contributed by atoms with van der Waals surface area (Å²) < 4.78 is 42.9. The topological polar surface area (TPSA) is 137 Å². The highest BCUT2D eigenvalue weighted by Gasteiger charge is 2.20. The highest BCUT2D eigenvalue weighted by atomic mass is 79.9. The molecule has 11 nitrogen and oxygen atoms in total. The molecule has 3 aromatic carbocycles. The van der Waals surface area contributed by atoms with Crippen LogP contribution in [0.5, 0.6) is 11.5 Å². The highest BCUT2D eigenvalue weighted by molar-refractivity contribution is 9.10. The zero-order chi connectivity index (χ0) is 31.6. The molecule has 1 aliphatic rings. The van der Waals surface area contributed by atoms with E-state index in [2.05, 4.69) is 41.2 Å². The lowest BCUT2D eigenvalue weighted by atomic mass is 10.2. The molecule has 5 rings (SSSR count). The number of amides is 1. The van der Waals surface area contributed by atoms with E-state index in [9.17, 15) is 13.2 Å². The monoisotopic (exact) mass is 712 g/mol. The normalized spacial score (nSPS) is 13.4. The minimum Gasteiger partial charge on any atom is -0.494 e. The van der Waals surface area contributed by atoms with Gasteiger partial charge in [-0.25, -0.2) is 8.42 Å². The molecule has 1 aliphatic heterocycles. The Hall–Kier alpha value is -3.88. The SMILES string of the molecule is CCOc1ccc(-n2c(COc3ccc(Br)cc3)nnc2SCC(=O)Nc2cccc(S(=O)(=O)NC3=NCCCCC3)c2)cc1. The van der Waals surface area contributed by atoms with Crippen molar-refractivity contribution in [1.29, 1.82) is 0 Å². The van der Waals surface area contributed by atoms with Gasteiger partial charge in [0.1, 0.15) is 23.9 Å². The second-order valence-corrected chi connectivity index (χ2v) is 13.6. The van der Waals surface area contributed by atoms with Gasteiger partial charge < -0.3 is 14.8 Å². The number of nitrogens with one attached hydrogen (secondary N) is 2. The predicted molar refractivity (Wildman–Crippen MR) is 178 cm³/mol. The second kappa shape index (κ2) is 15.4. The molecule has 1 aromatic heterocycles. The second-order valence-electron chi connectivity index (χ2n) is 10.0. The number of carbonyl (C=O) groups excluding carboxylic acids is 1. The molecule has 2 heterocycles. The molecule has 236 valence electrons. The lowest BCUT2D eigenvalue weighted by molar-refractivity contribution is -0.113. The van der Waals surface area contributed by atoms with Crippen LogP contribution >= 0.6 is 27.7 Å². The number of aromatic nitrogens is 3. The van der Waals surface area contributed by atoms with Crippen LogP contribution in [0, 0.1) is 0 Å². The van der Waals surface area contributed by atoms with Crippen LogP contribution in [0.1, 0.15) is 38.4 Å². The van der Waals surface area contributed by atoms with E-state index in [1.54, 1.807) is 12.1 Å². The number of benzene rings is 3. The van der Waals surface area contributed by atoms with E-state index in [0.717, 1.165) is 35.2 Å². The number of carbonyl (C=O) groups is 1. The van der Waals surface area contributed by atoms with E-state index in [-0.39, 0.29) is 23.2 Å². The smallest absolute Gasteiger partial charge is 0.262 e. The van der Waals surface area contributed by atoms with Crippen LogP contribution in [0.3, 0.4) is 0 Å². The van der Waals surface area contributed by atoms with Gasteiger partial charge in [-0.1, -0.05) is 40.2 Å². The maximum absolute atomic E-state index is 13.0. The lowest BCUT2D eigenvalue weighted by Gasteiger charge is -2.13. The Morgan fingerprint density at radius 3 is 2.51 bits per heavy atom. The first-order chi connectivity index (χ1) is 21.8. The van der Waals surface area contributed by atoms with E-state index in [1.807, 2.05) is 60.0 Å². The van der Waals surface area contributed by atoms with Crippen LogP contribution in [-0.2, 0) is 21.4 Å². The Balaban J connectivity index is 1.27. The molecule has 2 N–H and O–H groups in total. The minimum atomic E-state index is -3.84. The molecule has 0 radical (unpaired) electrons. The standard InChI is InChI=1S/C31H33BrN6O5S2/c1-2-42-25-16-12-24(13-17-25)38-29(20-43-26-14-10-22(32)11-15-26)35-36-31(38)44-21-30(39)34-23-7-6-8-27(19-23)45(40,41)37-28-9-4-3-5-18-33-28/h6-8,10-17,19H,2-5,9,18,20-21H2,1H3,(H,33,37)(H,34,39). The van der Waals surface area contributed by atoms with Gasteiger partial charge in [-0.3, -0.25) is 19.1 Å². The Morgan fingerprint density at radius 2 is 1.73 bits per heavy atom. The molecule has 45 heavy (non-hydrogen) atoms. The van der Waals surface area contributed by atoms with E-state index in [4.69, 9.17) is 9.47 Å². The Bertz CT molecular complexity index is 1750.